The molecule has 1 aliphatic heterocycles. The quantitative estimate of drug-likeness (QED) is 0.710. The minimum absolute atomic E-state index is 0.712. The van der Waals surface area contributed by atoms with Gasteiger partial charge in [0.05, 0.1) is 0 Å². The fourth-order valence-electron chi connectivity index (χ4n) is 3.71. The third kappa shape index (κ3) is 1.37. The van der Waals surface area contributed by atoms with Gasteiger partial charge in [0, 0.05) is 28.6 Å². The Bertz CT molecular complexity index is 555. The molecular formula is C15H18N2. The minimum Gasteiger partial charge on any atom is -0.358 e. The number of hydrogen-bond donors (Lipinski definition) is 2. The number of para-hydroxylation sites is 1. The summed E-state index contributed by atoms with van der Waals surface area (Å²) < 4.78 is 0. The van der Waals surface area contributed by atoms with E-state index >= 15 is 0 Å². The topological polar surface area (TPSA) is 27.8 Å². The van der Waals surface area contributed by atoms with Crippen molar-refractivity contribution >= 4 is 10.9 Å². The predicted octanol–water partition coefficient (Wildman–Crippen LogP) is 2.95. The Morgan fingerprint density at radius 1 is 1.12 bits per heavy atom. The monoisotopic (exact) mass is 226 g/mol. The summed E-state index contributed by atoms with van der Waals surface area (Å²) in [7, 11) is 0. The zero-order chi connectivity index (χ0) is 11.2. The molecule has 0 bridgehead atoms. The van der Waals surface area contributed by atoms with Crippen LogP contribution in [0, 0.1) is 0 Å². The number of nitrogens with one attached hydrogen (secondary N) is 2. The van der Waals surface area contributed by atoms with Crippen LogP contribution in [0.3, 0.4) is 0 Å². The van der Waals surface area contributed by atoms with Crippen molar-refractivity contribution in [3.63, 3.8) is 0 Å². The van der Waals surface area contributed by atoms with E-state index in [0.29, 0.717) is 6.04 Å². The fourth-order valence-corrected chi connectivity index (χ4v) is 3.71. The zero-order valence-electron chi connectivity index (χ0n) is 10.00. The van der Waals surface area contributed by atoms with Crippen molar-refractivity contribution in [3.8, 4) is 0 Å². The number of fused-ring (bicyclic) bond motifs is 5. The van der Waals surface area contributed by atoms with Crippen LogP contribution in [0.5, 0.6) is 0 Å². The van der Waals surface area contributed by atoms with Gasteiger partial charge >= 0.3 is 0 Å². The van der Waals surface area contributed by atoms with Crippen molar-refractivity contribution in [1.29, 1.82) is 0 Å². The van der Waals surface area contributed by atoms with Crippen LogP contribution < -0.4 is 5.32 Å². The van der Waals surface area contributed by atoms with Crippen LogP contribution in [0.1, 0.15) is 36.4 Å². The molecule has 17 heavy (non-hydrogen) atoms. The van der Waals surface area contributed by atoms with Crippen molar-refractivity contribution < 1.29 is 0 Å². The third-order valence-electron chi connectivity index (χ3n) is 4.51. The molecule has 2 nitrogen and oxygen atoms in total. The summed E-state index contributed by atoms with van der Waals surface area (Å²) >= 11 is 0. The maximum atomic E-state index is 3.69. The fraction of sp³-hybridized carbons (Fsp3) is 0.467. The van der Waals surface area contributed by atoms with Gasteiger partial charge in [0.2, 0.25) is 0 Å². The van der Waals surface area contributed by atoms with E-state index in [2.05, 4.69) is 34.6 Å². The van der Waals surface area contributed by atoms with Gasteiger partial charge in [0.25, 0.3) is 0 Å². The first-order chi connectivity index (χ1) is 8.43. The van der Waals surface area contributed by atoms with Crippen LogP contribution >= 0.6 is 0 Å². The molecule has 1 saturated heterocycles. The molecule has 4 rings (SSSR count). The Balaban J connectivity index is 1.89. The van der Waals surface area contributed by atoms with E-state index in [1.54, 1.807) is 5.56 Å². The third-order valence-corrected chi connectivity index (χ3v) is 4.51. The minimum atomic E-state index is 0.712. The second-order valence-electron chi connectivity index (χ2n) is 5.41. The van der Waals surface area contributed by atoms with Gasteiger partial charge in [0.15, 0.2) is 0 Å². The molecule has 0 saturated carbocycles. The Labute approximate surface area is 101 Å². The van der Waals surface area contributed by atoms with Gasteiger partial charge in [0.1, 0.15) is 0 Å². The summed E-state index contributed by atoms with van der Waals surface area (Å²) in [6.45, 7) is 1.21. The molecule has 2 N–H and O–H groups in total. The van der Waals surface area contributed by atoms with Crippen LogP contribution in [-0.4, -0.2) is 17.6 Å². The van der Waals surface area contributed by atoms with Crippen molar-refractivity contribution in [1.82, 2.24) is 10.3 Å². The van der Waals surface area contributed by atoms with E-state index in [1.807, 2.05) is 0 Å². The van der Waals surface area contributed by atoms with Gasteiger partial charge in [-0.1, -0.05) is 18.2 Å². The summed E-state index contributed by atoms with van der Waals surface area (Å²) in [5.74, 6) is 0.722. The van der Waals surface area contributed by atoms with Crippen LogP contribution in [0.15, 0.2) is 24.3 Å². The van der Waals surface area contributed by atoms with Crippen molar-refractivity contribution in [2.45, 2.75) is 37.6 Å². The lowest BCUT2D eigenvalue weighted by Gasteiger charge is -2.36. The van der Waals surface area contributed by atoms with Gasteiger partial charge < -0.3 is 10.3 Å². The number of piperidine rings is 1. The maximum Gasteiger partial charge on any atom is 0.0459 e. The number of H-pyrrole nitrogens is 1. The molecule has 2 atom stereocenters. The van der Waals surface area contributed by atoms with Crippen LogP contribution in [0.25, 0.3) is 10.9 Å². The molecule has 2 aliphatic rings. The van der Waals surface area contributed by atoms with Gasteiger partial charge in [-0.25, -0.2) is 0 Å². The molecule has 0 radical (unpaired) electrons. The molecule has 0 spiro atoms. The van der Waals surface area contributed by atoms with Gasteiger partial charge in [-0.05, 0) is 43.9 Å². The standard InChI is InChI=1S/C15H18N2/c1-2-6-14-10(4-1)11-7-8-13-12(15(11)17-14)5-3-9-16-13/h1-2,4,6,12-13,16-17H,3,5,7-9H2. The van der Waals surface area contributed by atoms with E-state index in [9.17, 15) is 0 Å². The molecule has 1 aliphatic carbocycles. The highest BCUT2D eigenvalue weighted by Gasteiger charge is 2.33. The Morgan fingerprint density at radius 2 is 2.06 bits per heavy atom. The van der Waals surface area contributed by atoms with E-state index in [1.165, 1.54) is 48.8 Å². The number of aryl methyl sites for hydroxylation is 1. The highest BCUT2D eigenvalue weighted by atomic mass is 14.9. The second kappa shape index (κ2) is 3.61. The lowest BCUT2D eigenvalue weighted by molar-refractivity contribution is 0.316. The summed E-state index contributed by atoms with van der Waals surface area (Å²) in [6, 6.07) is 9.47. The lowest BCUT2D eigenvalue weighted by Crippen LogP contribution is -2.42. The van der Waals surface area contributed by atoms with E-state index in [0.717, 1.165) is 5.92 Å². The molecule has 1 aromatic heterocycles. The average molecular weight is 226 g/mol. The Morgan fingerprint density at radius 3 is 3.06 bits per heavy atom. The van der Waals surface area contributed by atoms with Crippen LogP contribution in [-0.2, 0) is 6.42 Å². The summed E-state index contributed by atoms with van der Waals surface area (Å²) in [5.41, 5.74) is 4.43. The number of rotatable bonds is 0. The summed E-state index contributed by atoms with van der Waals surface area (Å²) in [5, 5.41) is 5.14. The van der Waals surface area contributed by atoms with Crippen LogP contribution in [0.4, 0.5) is 0 Å². The second-order valence-corrected chi connectivity index (χ2v) is 5.41. The summed E-state index contributed by atoms with van der Waals surface area (Å²) in [4.78, 5) is 3.68. The molecule has 2 unspecified atom stereocenters. The molecule has 88 valence electrons. The molecule has 1 fully saturated rings. The molecule has 1 aromatic carbocycles. The zero-order valence-corrected chi connectivity index (χ0v) is 10.00. The first-order valence-electron chi connectivity index (χ1n) is 6.76. The predicted molar refractivity (Wildman–Crippen MR) is 70.4 cm³/mol. The maximum absolute atomic E-state index is 3.69. The van der Waals surface area contributed by atoms with Crippen molar-refractivity contribution in [3.05, 3.63) is 35.5 Å². The van der Waals surface area contributed by atoms with Gasteiger partial charge in [-0.2, -0.15) is 0 Å². The van der Waals surface area contributed by atoms with Crippen molar-refractivity contribution in [2.24, 2.45) is 0 Å². The average Bonchev–Trinajstić information content (AvgIpc) is 2.78. The van der Waals surface area contributed by atoms with Crippen molar-refractivity contribution in [2.75, 3.05) is 6.54 Å². The SMILES string of the molecule is c1ccc2c3c([nH]c2c1)C1CCCNC1CC3. The number of benzene rings is 1. The summed E-state index contributed by atoms with van der Waals surface area (Å²) in [6.07, 6.45) is 5.19. The Hall–Kier alpha value is -1.28. The smallest absolute Gasteiger partial charge is 0.0459 e. The number of hydrogen-bond acceptors (Lipinski definition) is 1. The normalized spacial score (nSPS) is 27.8. The number of aromatic amines is 1. The van der Waals surface area contributed by atoms with E-state index in [-0.39, 0.29) is 0 Å². The first-order valence-corrected chi connectivity index (χ1v) is 6.76. The molecule has 2 heteroatoms. The van der Waals surface area contributed by atoms with Gasteiger partial charge in [-0.3, -0.25) is 0 Å². The highest BCUT2D eigenvalue weighted by Crippen LogP contribution is 2.39. The molecule has 0 amide bonds. The van der Waals surface area contributed by atoms with Gasteiger partial charge in [-0.15, -0.1) is 0 Å². The first kappa shape index (κ1) is 9.72. The number of aromatic nitrogens is 1. The van der Waals surface area contributed by atoms with Crippen LogP contribution in [0.2, 0.25) is 0 Å². The molecule has 2 heterocycles. The molecule has 2 aromatic rings. The highest BCUT2D eigenvalue weighted by molar-refractivity contribution is 5.85. The van der Waals surface area contributed by atoms with E-state index < -0.39 is 0 Å². The molecular weight excluding hydrogens is 208 g/mol. The largest absolute Gasteiger partial charge is 0.358 e. The van der Waals surface area contributed by atoms with E-state index in [4.69, 9.17) is 0 Å². The lowest BCUT2D eigenvalue weighted by atomic mass is 9.78. The Kier molecular flexibility index (Phi) is 2.06.